The number of nitrogens with zero attached hydrogens (tertiary/aromatic N) is 3. The summed E-state index contributed by atoms with van der Waals surface area (Å²) in [6.07, 6.45) is 7.22. The number of thiol groups is 1. The molecule has 0 spiro atoms. The molecule has 2 heterocycles. The van der Waals surface area contributed by atoms with Gasteiger partial charge in [-0.15, -0.1) is 0 Å². The fraction of sp³-hybridized carbons (Fsp3) is 1.00. The van der Waals surface area contributed by atoms with Gasteiger partial charge >= 0.3 is 0 Å². The molecule has 0 N–H and O–H groups in total. The Kier molecular flexibility index (Phi) is 5.96. The average molecular weight is 380 g/mol. The lowest BCUT2D eigenvalue weighted by molar-refractivity contribution is 0.0426. The van der Waals surface area contributed by atoms with Gasteiger partial charge in [-0.05, 0) is 74.4 Å². The van der Waals surface area contributed by atoms with Crippen molar-refractivity contribution >= 4 is 12.6 Å². The largest absolute Gasteiger partial charge is 0.302 e. The Hall–Kier alpha value is 0.230. The van der Waals surface area contributed by atoms with Gasteiger partial charge in [-0.3, -0.25) is 4.90 Å². The summed E-state index contributed by atoms with van der Waals surface area (Å²) in [5, 5.41) is 0.566. The molecule has 4 atom stereocenters. The van der Waals surface area contributed by atoms with E-state index in [1.807, 2.05) is 0 Å². The van der Waals surface area contributed by atoms with Crippen LogP contribution in [0.15, 0.2) is 0 Å². The van der Waals surface area contributed by atoms with Crippen molar-refractivity contribution < 1.29 is 0 Å². The molecule has 0 amide bonds. The molecule has 2 saturated heterocycles. The molecule has 4 rings (SSSR count). The van der Waals surface area contributed by atoms with Crippen molar-refractivity contribution in [1.29, 1.82) is 0 Å². The zero-order valence-electron chi connectivity index (χ0n) is 17.4. The number of fused-ring (bicyclic) bond motifs is 2. The predicted molar refractivity (Wildman–Crippen MR) is 114 cm³/mol. The van der Waals surface area contributed by atoms with Gasteiger partial charge in [0.15, 0.2) is 0 Å². The van der Waals surface area contributed by atoms with Crippen LogP contribution in [-0.4, -0.2) is 78.3 Å². The van der Waals surface area contributed by atoms with Crippen LogP contribution in [0.4, 0.5) is 0 Å². The first kappa shape index (κ1) is 19.5. The molecule has 0 aromatic heterocycles. The summed E-state index contributed by atoms with van der Waals surface area (Å²) >= 11 is 4.68. The first-order valence-corrected chi connectivity index (χ1v) is 11.8. The summed E-state index contributed by atoms with van der Waals surface area (Å²) in [5.74, 6) is 2.93. The van der Waals surface area contributed by atoms with Crippen LogP contribution in [0.3, 0.4) is 0 Å². The van der Waals surface area contributed by atoms with E-state index in [2.05, 4.69) is 48.1 Å². The van der Waals surface area contributed by atoms with E-state index >= 15 is 0 Å². The van der Waals surface area contributed by atoms with Crippen LogP contribution in [0.5, 0.6) is 0 Å². The Morgan fingerprint density at radius 3 is 2.04 bits per heavy atom. The fourth-order valence-corrected chi connectivity index (χ4v) is 6.71. The Labute approximate surface area is 167 Å². The number of hydrogen-bond donors (Lipinski definition) is 1. The predicted octanol–water partition coefficient (Wildman–Crippen LogP) is 3.46. The van der Waals surface area contributed by atoms with Gasteiger partial charge in [0.25, 0.3) is 0 Å². The maximum atomic E-state index is 4.68. The molecule has 0 aromatic rings. The summed E-state index contributed by atoms with van der Waals surface area (Å²) in [6, 6.07) is 0.714. The molecule has 0 aromatic carbocycles. The first-order chi connectivity index (χ1) is 12.4. The second kappa shape index (κ2) is 7.93. The minimum absolute atomic E-state index is 0.566. The molecule has 0 radical (unpaired) electrons. The highest BCUT2D eigenvalue weighted by Gasteiger charge is 2.48. The third-order valence-electron chi connectivity index (χ3n) is 7.96. The topological polar surface area (TPSA) is 9.72 Å². The van der Waals surface area contributed by atoms with Crippen molar-refractivity contribution in [3.63, 3.8) is 0 Å². The zero-order chi connectivity index (χ0) is 18.3. The van der Waals surface area contributed by atoms with E-state index in [0.717, 1.165) is 17.8 Å². The van der Waals surface area contributed by atoms with Crippen LogP contribution in [0.2, 0.25) is 0 Å². The van der Waals surface area contributed by atoms with Crippen LogP contribution >= 0.6 is 12.6 Å². The van der Waals surface area contributed by atoms with Crippen LogP contribution in [-0.2, 0) is 0 Å². The number of rotatable bonds is 7. The standard InChI is InChI=1S/C22H41N3S/c1-17(2)25-10-8-23(9-11-25)15-21-19-4-5-20(21)14-24(13-19)16-22(6-7-22)12-18(3)26/h17-21,26H,4-16H2,1-3H3/t18?,19-,20+,21+. The summed E-state index contributed by atoms with van der Waals surface area (Å²) in [7, 11) is 0. The fourth-order valence-electron chi connectivity index (χ4n) is 6.32. The van der Waals surface area contributed by atoms with Gasteiger partial charge in [0.2, 0.25) is 0 Å². The van der Waals surface area contributed by atoms with Crippen LogP contribution in [0.1, 0.15) is 52.9 Å². The van der Waals surface area contributed by atoms with Crippen molar-refractivity contribution in [3.05, 3.63) is 0 Å². The SMILES string of the molecule is CC(S)CC1(CN2C[C@H]3CC[C@@H](C2)[C@H]3CN2CCN(C(C)C)CC2)CC1. The third-order valence-corrected chi connectivity index (χ3v) is 8.14. The molecule has 26 heavy (non-hydrogen) atoms. The van der Waals surface area contributed by atoms with E-state index < -0.39 is 0 Å². The normalized spacial score (nSPS) is 36.6. The molecule has 4 aliphatic rings. The van der Waals surface area contributed by atoms with E-state index in [-0.39, 0.29) is 0 Å². The van der Waals surface area contributed by atoms with Crippen molar-refractivity contribution in [3.8, 4) is 0 Å². The summed E-state index contributed by atoms with van der Waals surface area (Å²) < 4.78 is 0. The van der Waals surface area contributed by atoms with Crippen LogP contribution in [0.25, 0.3) is 0 Å². The molecule has 150 valence electrons. The van der Waals surface area contributed by atoms with Crippen molar-refractivity contribution in [1.82, 2.24) is 14.7 Å². The average Bonchev–Trinajstić information content (AvgIpc) is 3.28. The van der Waals surface area contributed by atoms with E-state index in [0.29, 0.717) is 16.7 Å². The molecule has 4 heteroatoms. The Morgan fingerprint density at radius 2 is 1.54 bits per heavy atom. The van der Waals surface area contributed by atoms with Crippen molar-refractivity contribution in [2.75, 3.05) is 52.4 Å². The summed E-state index contributed by atoms with van der Waals surface area (Å²) in [4.78, 5) is 8.29. The quantitative estimate of drug-likeness (QED) is 0.679. The molecule has 2 aliphatic heterocycles. The molecular weight excluding hydrogens is 338 g/mol. The van der Waals surface area contributed by atoms with E-state index in [4.69, 9.17) is 0 Å². The highest BCUT2D eigenvalue weighted by Crippen LogP contribution is 2.52. The second-order valence-electron chi connectivity index (χ2n) is 10.4. The molecular formula is C22H41N3S. The lowest BCUT2D eigenvalue weighted by atomic mass is 9.83. The first-order valence-electron chi connectivity index (χ1n) is 11.3. The van der Waals surface area contributed by atoms with Gasteiger partial charge in [0.05, 0.1) is 0 Å². The monoisotopic (exact) mass is 379 g/mol. The lowest BCUT2D eigenvalue weighted by Crippen LogP contribution is -2.52. The molecule has 4 fully saturated rings. The summed E-state index contributed by atoms with van der Waals surface area (Å²) in [5.41, 5.74) is 0.640. The third kappa shape index (κ3) is 4.45. The zero-order valence-corrected chi connectivity index (χ0v) is 18.3. The molecule has 3 nitrogen and oxygen atoms in total. The van der Waals surface area contributed by atoms with E-state index in [1.165, 1.54) is 84.5 Å². The smallest absolute Gasteiger partial charge is 0.0113 e. The Morgan fingerprint density at radius 1 is 0.923 bits per heavy atom. The highest BCUT2D eigenvalue weighted by molar-refractivity contribution is 7.80. The molecule has 2 aliphatic carbocycles. The van der Waals surface area contributed by atoms with E-state index in [9.17, 15) is 0 Å². The molecule has 2 saturated carbocycles. The summed E-state index contributed by atoms with van der Waals surface area (Å²) in [6.45, 7) is 17.6. The molecule has 2 bridgehead atoms. The number of hydrogen-bond acceptors (Lipinski definition) is 4. The van der Waals surface area contributed by atoms with Gasteiger partial charge < -0.3 is 9.80 Å². The van der Waals surface area contributed by atoms with Gasteiger partial charge in [-0.2, -0.15) is 12.6 Å². The Balaban J connectivity index is 1.27. The van der Waals surface area contributed by atoms with Gasteiger partial charge in [-0.1, -0.05) is 6.92 Å². The highest BCUT2D eigenvalue weighted by atomic mass is 32.1. The molecule has 1 unspecified atom stereocenters. The van der Waals surface area contributed by atoms with Crippen LogP contribution < -0.4 is 0 Å². The maximum absolute atomic E-state index is 4.68. The van der Waals surface area contributed by atoms with E-state index in [1.54, 1.807) is 0 Å². The number of piperazine rings is 1. The lowest BCUT2D eigenvalue weighted by Gasteiger charge is -2.43. The van der Waals surface area contributed by atoms with Crippen molar-refractivity contribution in [2.45, 2.75) is 64.2 Å². The Bertz CT molecular complexity index is 454. The minimum Gasteiger partial charge on any atom is -0.302 e. The van der Waals surface area contributed by atoms with Crippen molar-refractivity contribution in [2.24, 2.45) is 23.2 Å². The van der Waals surface area contributed by atoms with Gasteiger partial charge in [-0.25, -0.2) is 0 Å². The van der Waals surface area contributed by atoms with Crippen LogP contribution in [0, 0.1) is 23.2 Å². The number of likely N-dealkylation sites (tertiary alicyclic amines) is 1. The van der Waals surface area contributed by atoms with Gasteiger partial charge in [0.1, 0.15) is 0 Å². The maximum Gasteiger partial charge on any atom is 0.0113 e. The van der Waals surface area contributed by atoms with Gasteiger partial charge in [0, 0.05) is 58.4 Å². The number of piperidine rings is 1. The minimum atomic E-state index is 0.566. The second-order valence-corrected chi connectivity index (χ2v) is 11.3.